The molecule has 0 saturated heterocycles. The van der Waals surface area contributed by atoms with E-state index in [1.54, 1.807) is 6.07 Å². The molecular weight excluding hydrogens is 165 g/mol. The Bertz CT molecular complexity index is 443. The molecule has 68 valence electrons. The van der Waals surface area contributed by atoms with Crippen molar-refractivity contribution < 1.29 is 4.39 Å². The molecule has 1 heterocycles. The van der Waals surface area contributed by atoms with Gasteiger partial charge in [0.05, 0.1) is 5.52 Å². The first-order valence-electron chi connectivity index (χ1n) is 4.46. The predicted molar refractivity (Wildman–Crippen MR) is 52.3 cm³/mol. The topological polar surface area (TPSA) is 4.93 Å². The summed E-state index contributed by atoms with van der Waals surface area (Å²) < 4.78 is 14.9. The van der Waals surface area contributed by atoms with Crippen LogP contribution >= 0.6 is 0 Å². The molecule has 0 bridgehead atoms. The first-order chi connectivity index (χ1) is 6.22. The van der Waals surface area contributed by atoms with Crippen LogP contribution in [0.25, 0.3) is 10.9 Å². The van der Waals surface area contributed by atoms with Crippen LogP contribution < -0.4 is 0 Å². The first kappa shape index (κ1) is 8.30. The van der Waals surface area contributed by atoms with Gasteiger partial charge in [0.15, 0.2) is 0 Å². The quantitative estimate of drug-likeness (QED) is 0.631. The van der Waals surface area contributed by atoms with Crippen LogP contribution in [0.1, 0.15) is 12.5 Å². The van der Waals surface area contributed by atoms with Crippen molar-refractivity contribution in [3.05, 3.63) is 35.8 Å². The van der Waals surface area contributed by atoms with Gasteiger partial charge in [0.2, 0.25) is 0 Å². The van der Waals surface area contributed by atoms with Crippen molar-refractivity contribution in [2.45, 2.75) is 13.3 Å². The molecule has 0 aliphatic rings. The van der Waals surface area contributed by atoms with E-state index in [1.807, 2.05) is 17.7 Å². The zero-order valence-corrected chi connectivity index (χ0v) is 7.84. The maximum absolute atomic E-state index is 12.9. The molecule has 0 N–H and O–H groups in total. The second kappa shape index (κ2) is 2.87. The van der Waals surface area contributed by atoms with Crippen molar-refractivity contribution >= 4 is 10.9 Å². The molecule has 0 saturated carbocycles. The van der Waals surface area contributed by atoms with E-state index in [9.17, 15) is 4.39 Å². The third-order valence-corrected chi connectivity index (χ3v) is 2.42. The minimum Gasteiger partial charge on any atom is -0.350 e. The summed E-state index contributed by atoms with van der Waals surface area (Å²) in [7, 11) is 1.95. The highest BCUT2D eigenvalue weighted by atomic mass is 19.1. The number of nitrogens with zero attached hydrogens (tertiary/aromatic N) is 1. The van der Waals surface area contributed by atoms with Gasteiger partial charge < -0.3 is 4.57 Å². The molecule has 0 aliphatic heterocycles. The molecule has 2 aromatic rings. The summed E-state index contributed by atoms with van der Waals surface area (Å²) in [6, 6.07) is 4.94. The van der Waals surface area contributed by atoms with Crippen molar-refractivity contribution in [1.29, 1.82) is 0 Å². The lowest BCUT2D eigenvalue weighted by Gasteiger charge is -1.95. The van der Waals surface area contributed by atoms with E-state index in [0.29, 0.717) is 0 Å². The van der Waals surface area contributed by atoms with Gasteiger partial charge in [-0.3, -0.25) is 0 Å². The number of aryl methyl sites for hydroxylation is 2. The van der Waals surface area contributed by atoms with E-state index in [1.165, 1.54) is 11.6 Å². The predicted octanol–water partition coefficient (Wildman–Crippen LogP) is 2.88. The van der Waals surface area contributed by atoms with Crippen LogP contribution in [0.2, 0.25) is 0 Å². The summed E-state index contributed by atoms with van der Waals surface area (Å²) in [6.07, 6.45) is 3.05. The molecular formula is C11H12FN. The van der Waals surface area contributed by atoms with Gasteiger partial charge in [-0.05, 0) is 30.2 Å². The Morgan fingerprint density at radius 2 is 2.15 bits per heavy atom. The van der Waals surface area contributed by atoms with Gasteiger partial charge in [-0.1, -0.05) is 6.92 Å². The molecule has 0 radical (unpaired) electrons. The highest BCUT2D eigenvalue weighted by Crippen LogP contribution is 2.21. The van der Waals surface area contributed by atoms with E-state index in [0.717, 1.165) is 17.3 Å². The Hall–Kier alpha value is -1.31. The lowest BCUT2D eigenvalue weighted by Crippen LogP contribution is -1.83. The second-order valence-electron chi connectivity index (χ2n) is 3.28. The van der Waals surface area contributed by atoms with Gasteiger partial charge in [-0.2, -0.15) is 0 Å². The molecule has 0 atom stereocenters. The number of fused-ring (bicyclic) bond motifs is 1. The van der Waals surface area contributed by atoms with Gasteiger partial charge in [-0.15, -0.1) is 0 Å². The SMILES string of the molecule is CCc1cn(C)c2cc(F)ccc12. The number of halogens is 1. The van der Waals surface area contributed by atoms with Crippen LogP contribution in [0.3, 0.4) is 0 Å². The molecule has 13 heavy (non-hydrogen) atoms. The Morgan fingerprint density at radius 1 is 1.38 bits per heavy atom. The van der Waals surface area contributed by atoms with E-state index in [2.05, 4.69) is 13.1 Å². The van der Waals surface area contributed by atoms with Crippen molar-refractivity contribution in [1.82, 2.24) is 4.57 Å². The standard InChI is InChI=1S/C11H12FN/c1-3-8-7-13(2)11-6-9(12)4-5-10(8)11/h4-7H,3H2,1-2H3. The summed E-state index contributed by atoms with van der Waals surface area (Å²) in [4.78, 5) is 0. The Morgan fingerprint density at radius 3 is 2.85 bits per heavy atom. The number of rotatable bonds is 1. The lowest BCUT2D eigenvalue weighted by molar-refractivity contribution is 0.629. The van der Waals surface area contributed by atoms with Crippen LogP contribution in [0.4, 0.5) is 4.39 Å². The van der Waals surface area contributed by atoms with Crippen LogP contribution in [-0.4, -0.2) is 4.57 Å². The summed E-state index contributed by atoms with van der Waals surface area (Å²) in [5, 5.41) is 1.16. The zero-order chi connectivity index (χ0) is 9.42. The molecule has 1 aromatic carbocycles. The minimum absolute atomic E-state index is 0.170. The Kier molecular flexibility index (Phi) is 1.83. The molecule has 0 spiro atoms. The maximum Gasteiger partial charge on any atom is 0.125 e. The fraction of sp³-hybridized carbons (Fsp3) is 0.273. The molecule has 0 unspecified atom stereocenters. The molecule has 0 aliphatic carbocycles. The Labute approximate surface area is 76.8 Å². The van der Waals surface area contributed by atoms with Crippen molar-refractivity contribution in [2.24, 2.45) is 7.05 Å². The highest BCUT2D eigenvalue weighted by Gasteiger charge is 2.04. The maximum atomic E-state index is 12.9. The number of aromatic nitrogens is 1. The fourth-order valence-electron chi connectivity index (χ4n) is 1.72. The highest BCUT2D eigenvalue weighted by molar-refractivity contribution is 5.83. The van der Waals surface area contributed by atoms with E-state index < -0.39 is 0 Å². The average Bonchev–Trinajstić information content (AvgIpc) is 2.43. The monoisotopic (exact) mass is 177 g/mol. The second-order valence-corrected chi connectivity index (χ2v) is 3.28. The smallest absolute Gasteiger partial charge is 0.125 e. The molecule has 0 fully saturated rings. The van der Waals surface area contributed by atoms with E-state index in [4.69, 9.17) is 0 Å². The summed E-state index contributed by atoms with van der Waals surface area (Å²) in [6.45, 7) is 2.11. The van der Waals surface area contributed by atoms with Gasteiger partial charge in [0.25, 0.3) is 0 Å². The molecule has 2 heteroatoms. The third-order valence-electron chi connectivity index (χ3n) is 2.42. The Balaban J connectivity index is 2.80. The van der Waals surface area contributed by atoms with Crippen LogP contribution in [0, 0.1) is 5.82 Å². The first-order valence-corrected chi connectivity index (χ1v) is 4.46. The van der Waals surface area contributed by atoms with Crippen molar-refractivity contribution in [3.63, 3.8) is 0 Å². The molecule has 0 amide bonds. The fourth-order valence-corrected chi connectivity index (χ4v) is 1.72. The molecule has 1 nitrogen and oxygen atoms in total. The van der Waals surface area contributed by atoms with Crippen LogP contribution in [-0.2, 0) is 13.5 Å². The average molecular weight is 177 g/mol. The van der Waals surface area contributed by atoms with Gasteiger partial charge in [0, 0.05) is 18.6 Å². The molecule has 2 rings (SSSR count). The number of hydrogen-bond donors (Lipinski definition) is 0. The third kappa shape index (κ3) is 1.22. The zero-order valence-electron chi connectivity index (χ0n) is 7.84. The summed E-state index contributed by atoms with van der Waals surface area (Å²) in [5.74, 6) is -0.170. The van der Waals surface area contributed by atoms with Gasteiger partial charge in [-0.25, -0.2) is 4.39 Å². The number of hydrogen-bond acceptors (Lipinski definition) is 0. The lowest BCUT2D eigenvalue weighted by atomic mass is 10.1. The molecule has 1 aromatic heterocycles. The number of benzene rings is 1. The van der Waals surface area contributed by atoms with E-state index in [-0.39, 0.29) is 5.82 Å². The van der Waals surface area contributed by atoms with Crippen molar-refractivity contribution in [3.8, 4) is 0 Å². The summed E-state index contributed by atoms with van der Waals surface area (Å²) >= 11 is 0. The van der Waals surface area contributed by atoms with Gasteiger partial charge >= 0.3 is 0 Å². The van der Waals surface area contributed by atoms with Crippen LogP contribution in [0.15, 0.2) is 24.4 Å². The van der Waals surface area contributed by atoms with Gasteiger partial charge in [0.1, 0.15) is 5.82 Å². The largest absolute Gasteiger partial charge is 0.350 e. The summed E-state index contributed by atoms with van der Waals surface area (Å²) in [5.41, 5.74) is 2.24. The van der Waals surface area contributed by atoms with E-state index >= 15 is 0 Å². The normalized spacial score (nSPS) is 11.0. The van der Waals surface area contributed by atoms with Crippen LogP contribution in [0.5, 0.6) is 0 Å². The van der Waals surface area contributed by atoms with Crippen molar-refractivity contribution in [2.75, 3.05) is 0 Å². The minimum atomic E-state index is -0.170.